The lowest BCUT2D eigenvalue weighted by Crippen LogP contribution is -2.35. The molecule has 8 heteroatoms. The number of fused-ring (bicyclic) bond motifs is 1. The number of rotatable bonds is 8. The second-order valence-electron chi connectivity index (χ2n) is 10.9. The predicted octanol–water partition coefficient (Wildman–Crippen LogP) is 6.18. The van der Waals surface area contributed by atoms with Crippen molar-refractivity contribution in [3.05, 3.63) is 123 Å². The van der Waals surface area contributed by atoms with Crippen LogP contribution in [-0.4, -0.2) is 30.1 Å². The van der Waals surface area contributed by atoms with E-state index in [1.807, 2.05) is 41.9 Å². The molecule has 0 radical (unpaired) electrons. The Balaban J connectivity index is 1.55. The maximum Gasteiger partial charge on any atom is 0.253 e. The molecular formula is C32H33FN6O. The second-order valence-corrected chi connectivity index (χ2v) is 10.9. The van der Waals surface area contributed by atoms with Crippen LogP contribution in [-0.2, 0) is 13.1 Å². The van der Waals surface area contributed by atoms with E-state index >= 15 is 0 Å². The highest BCUT2D eigenvalue weighted by Gasteiger charge is 2.33. The van der Waals surface area contributed by atoms with E-state index in [0.717, 1.165) is 58.8 Å². The Labute approximate surface area is 232 Å². The summed E-state index contributed by atoms with van der Waals surface area (Å²) in [5, 5.41) is 14.1. The molecule has 2 aromatic heterocycles. The van der Waals surface area contributed by atoms with Crippen molar-refractivity contribution in [3.8, 4) is 0 Å². The van der Waals surface area contributed by atoms with E-state index in [0.29, 0.717) is 24.5 Å². The first-order chi connectivity index (χ1) is 19.5. The minimum absolute atomic E-state index is 0.166. The summed E-state index contributed by atoms with van der Waals surface area (Å²) in [5.74, 6) is 0.372. The molecule has 0 unspecified atom stereocenters. The van der Waals surface area contributed by atoms with Gasteiger partial charge in [-0.3, -0.25) is 9.69 Å². The van der Waals surface area contributed by atoms with Gasteiger partial charge in [0.05, 0.1) is 6.04 Å². The third-order valence-electron chi connectivity index (χ3n) is 7.96. The highest BCUT2D eigenvalue weighted by Crippen LogP contribution is 2.35. The number of hydrogen-bond donors (Lipinski definition) is 1. The summed E-state index contributed by atoms with van der Waals surface area (Å²) >= 11 is 0. The van der Waals surface area contributed by atoms with Gasteiger partial charge < -0.3 is 4.98 Å². The molecule has 0 spiro atoms. The van der Waals surface area contributed by atoms with E-state index in [1.165, 1.54) is 12.1 Å². The first-order valence-electron chi connectivity index (χ1n) is 13.9. The van der Waals surface area contributed by atoms with Crippen LogP contribution in [0.3, 0.4) is 0 Å². The van der Waals surface area contributed by atoms with Crippen LogP contribution in [0, 0.1) is 19.7 Å². The molecule has 0 bridgehead atoms. The molecule has 5 aromatic rings. The summed E-state index contributed by atoms with van der Waals surface area (Å²) in [6.07, 6.45) is 4.28. The van der Waals surface area contributed by atoms with Crippen molar-refractivity contribution >= 4 is 10.9 Å². The molecule has 7 nitrogen and oxygen atoms in total. The van der Waals surface area contributed by atoms with Crippen LogP contribution >= 0.6 is 0 Å². The van der Waals surface area contributed by atoms with E-state index in [2.05, 4.69) is 50.5 Å². The fourth-order valence-electron chi connectivity index (χ4n) is 6.06. The summed E-state index contributed by atoms with van der Waals surface area (Å²) < 4.78 is 15.8. The van der Waals surface area contributed by atoms with Crippen molar-refractivity contribution in [2.45, 2.75) is 64.7 Å². The largest absolute Gasteiger partial charge is 0.322 e. The van der Waals surface area contributed by atoms with Crippen molar-refractivity contribution in [3.63, 3.8) is 0 Å². The van der Waals surface area contributed by atoms with Gasteiger partial charge in [-0.1, -0.05) is 61.4 Å². The zero-order chi connectivity index (χ0) is 27.6. The van der Waals surface area contributed by atoms with Gasteiger partial charge in [0.15, 0.2) is 5.82 Å². The number of hydrogen-bond acceptors (Lipinski definition) is 5. The number of tetrazole rings is 1. The van der Waals surface area contributed by atoms with Crippen molar-refractivity contribution in [1.29, 1.82) is 0 Å². The molecule has 0 saturated heterocycles. The Kier molecular flexibility index (Phi) is 7.26. The average Bonchev–Trinajstić information content (AvgIpc) is 3.64. The molecule has 2 heterocycles. The van der Waals surface area contributed by atoms with Crippen molar-refractivity contribution in [1.82, 2.24) is 30.1 Å². The highest BCUT2D eigenvalue weighted by atomic mass is 19.1. The minimum Gasteiger partial charge on any atom is -0.322 e. The smallest absolute Gasteiger partial charge is 0.253 e. The summed E-state index contributed by atoms with van der Waals surface area (Å²) in [6.45, 7) is 5.11. The number of aromatic amines is 1. The molecule has 40 heavy (non-hydrogen) atoms. The molecule has 204 valence electrons. The Bertz CT molecular complexity index is 1670. The van der Waals surface area contributed by atoms with E-state index in [-0.39, 0.29) is 17.4 Å². The van der Waals surface area contributed by atoms with Crippen molar-refractivity contribution in [2.24, 2.45) is 0 Å². The lowest BCUT2D eigenvalue weighted by Gasteiger charge is -2.32. The number of nitrogens with one attached hydrogen (secondary N) is 1. The quantitative estimate of drug-likeness (QED) is 0.256. The normalized spacial score (nSPS) is 14.8. The first kappa shape index (κ1) is 26.1. The molecule has 1 aliphatic rings. The van der Waals surface area contributed by atoms with Gasteiger partial charge in [-0.2, -0.15) is 0 Å². The fourth-order valence-corrected chi connectivity index (χ4v) is 6.06. The average molecular weight is 537 g/mol. The second kappa shape index (κ2) is 11.1. The summed E-state index contributed by atoms with van der Waals surface area (Å²) in [7, 11) is 0. The molecule has 1 aliphatic carbocycles. The standard InChI is InChI=1S/C32H33FN6O/c1-21-16-22(2)27-18-28(32(40)34-29(27)17-21)30(31-35-36-37-39(31)26-10-6-7-11-26)38(19-23-8-4-3-5-9-23)20-24-12-14-25(33)15-13-24/h3-5,8-9,12-18,26,30H,6-7,10-11,19-20H2,1-2H3,(H,34,40)/t30-/m0/s1. The molecule has 1 N–H and O–H groups in total. The summed E-state index contributed by atoms with van der Waals surface area (Å²) in [5.41, 5.74) is 5.46. The predicted molar refractivity (Wildman–Crippen MR) is 153 cm³/mol. The zero-order valence-corrected chi connectivity index (χ0v) is 22.8. The Hall–Kier alpha value is -4.17. The van der Waals surface area contributed by atoms with Crippen molar-refractivity contribution in [2.75, 3.05) is 0 Å². The molecule has 0 aliphatic heterocycles. The van der Waals surface area contributed by atoms with Gasteiger partial charge >= 0.3 is 0 Å². The highest BCUT2D eigenvalue weighted by molar-refractivity contribution is 5.83. The third kappa shape index (κ3) is 5.31. The number of aromatic nitrogens is 5. The molecule has 1 fully saturated rings. The fraction of sp³-hybridized carbons (Fsp3) is 0.312. The van der Waals surface area contributed by atoms with Crippen molar-refractivity contribution < 1.29 is 4.39 Å². The van der Waals surface area contributed by atoms with Crippen LogP contribution in [0.15, 0.2) is 77.6 Å². The maximum atomic E-state index is 13.9. The topological polar surface area (TPSA) is 79.7 Å². The van der Waals surface area contributed by atoms with E-state index in [1.54, 1.807) is 12.1 Å². The maximum absolute atomic E-state index is 13.9. The first-order valence-corrected chi connectivity index (χ1v) is 13.9. The van der Waals surface area contributed by atoms with E-state index in [4.69, 9.17) is 0 Å². The van der Waals surface area contributed by atoms with Crippen LogP contribution in [0.4, 0.5) is 4.39 Å². The Morgan fingerprint density at radius 2 is 1.68 bits per heavy atom. The minimum atomic E-state index is -0.533. The number of nitrogens with zero attached hydrogens (tertiary/aromatic N) is 5. The summed E-state index contributed by atoms with van der Waals surface area (Å²) in [6, 6.07) is 22.5. The van der Waals surface area contributed by atoms with Crippen LogP contribution in [0.25, 0.3) is 10.9 Å². The van der Waals surface area contributed by atoms with Crippen LogP contribution in [0.2, 0.25) is 0 Å². The van der Waals surface area contributed by atoms with Gasteiger partial charge in [-0.05, 0) is 83.6 Å². The molecular weight excluding hydrogens is 503 g/mol. The Morgan fingerprint density at radius 3 is 2.40 bits per heavy atom. The van der Waals surface area contributed by atoms with Gasteiger partial charge in [-0.25, -0.2) is 9.07 Å². The van der Waals surface area contributed by atoms with Crippen LogP contribution < -0.4 is 5.56 Å². The lowest BCUT2D eigenvalue weighted by atomic mass is 9.98. The number of benzene rings is 3. The molecule has 1 atom stereocenters. The van der Waals surface area contributed by atoms with Gasteiger partial charge in [0.25, 0.3) is 5.56 Å². The van der Waals surface area contributed by atoms with Gasteiger partial charge in [0.2, 0.25) is 0 Å². The SMILES string of the molecule is Cc1cc(C)c2cc([C@@H](c3nnnn3C3CCCC3)N(Cc3ccccc3)Cc3ccc(F)cc3)c(=O)[nH]c2c1. The van der Waals surface area contributed by atoms with Gasteiger partial charge in [0.1, 0.15) is 11.9 Å². The molecule has 0 amide bonds. The summed E-state index contributed by atoms with van der Waals surface area (Å²) in [4.78, 5) is 19.2. The van der Waals surface area contributed by atoms with E-state index in [9.17, 15) is 9.18 Å². The number of aryl methyl sites for hydroxylation is 2. The lowest BCUT2D eigenvalue weighted by molar-refractivity contribution is 0.190. The monoisotopic (exact) mass is 536 g/mol. The zero-order valence-electron chi connectivity index (χ0n) is 22.8. The van der Waals surface area contributed by atoms with Crippen LogP contribution in [0.1, 0.15) is 71.4 Å². The molecule has 1 saturated carbocycles. The molecule has 3 aromatic carbocycles. The number of H-pyrrole nitrogens is 1. The number of halogens is 1. The van der Waals surface area contributed by atoms with Gasteiger partial charge in [0, 0.05) is 29.6 Å². The molecule has 6 rings (SSSR count). The van der Waals surface area contributed by atoms with Gasteiger partial charge in [-0.15, -0.1) is 5.10 Å². The van der Waals surface area contributed by atoms with E-state index < -0.39 is 6.04 Å². The number of pyridine rings is 1. The Morgan fingerprint density at radius 1 is 0.975 bits per heavy atom. The van der Waals surface area contributed by atoms with Crippen LogP contribution in [0.5, 0.6) is 0 Å². The third-order valence-corrected chi connectivity index (χ3v) is 7.96.